The third-order valence-corrected chi connectivity index (χ3v) is 4.66. The van der Waals surface area contributed by atoms with Crippen molar-refractivity contribution in [2.24, 2.45) is 0 Å². The Morgan fingerprint density at radius 1 is 1.30 bits per heavy atom. The molecule has 0 aliphatic heterocycles. The van der Waals surface area contributed by atoms with E-state index >= 15 is 0 Å². The number of amides is 1. The SMILES string of the molecule is CCCn1c(CN(CC)C(=O)c2cc(Cl)ccc2OC)nc2cccnc21. The molecule has 27 heavy (non-hydrogen) atoms. The van der Waals surface area contributed by atoms with Crippen LogP contribution in [-0.4, -0.2) is 39.0 Å². The fourth-order valence-electron chi connectivity index (χ4n) is 3.10. The molecule has 1 aromatic carbocycles. The van der Waals surface area contributed by atoms with Gasteiger partial charge in [-0.3, -0.25) is 4.79 Å². The molecule has 0 unspecified atom stereocenters. The number of benzene rings is 1. The van der Waals surface area contributed by atoms with E-state index < -0.39 is 0 Å². The summed E-state index contributed by atoms with van der Waals surface area (Å²) in [4.78, 5) is 24.0. The second-order valence-electron chi connectivity index (χ2n) is 6.19. The van der Waals surface area contributed by atoms with E-state index in [1.165, 1.54) is 0 Å². The number of rotatable bonds is 7. The third kappa shape index (κ3) is 3.90. The zero-order chi connectivity index (χ0) is 19.4. The zero-order valence-electron chi connectivity index (χ0n) is 15.8. The van der Waals surface area contributed by atoms with Crippen LogP contribution in [0.1, 0.15) is 36.5 Å². The van der Waals surface area contributed by atoms with Gasteiger partial charge >= 0.3 is 0 Å². The van der Waals surface area contributed by atoms with Crippen molar-refractivity contribution in [1.82, 2.24) is 19.4 Å². The van der Waals surface area contributed by atoms with E-state index in [2.05, 4.69) is 16.5 Å². The van der Waals surface area contributed by atoms with Crippen molar-refractivity contribution in [3.05, 3.63) is 52.9 Å². The number of hydrogen-bond donors (Lipinski definition) is 0. The highest BCUT2D eigenvalue weighted by molar-refractivity contribution is 6.31. The Morgan fingerprint density at radius 2 is 2.11 bits per heavy atom. The lowest BCUT2D eigenvalue weighted by molar-refractivity contribution is 0.0743. The molecule has 0 aliphatic rings. The van der Waals surface area contributed by atoms with Crippen LogP contribution in [0.25, 0.3) is 11.2 Å². The first-order valence-corrected chi connectivity index (χ1v) is 9.39. The molecule has 2 aromatic heterocycles. The number of carbonyl (C=O) groups is 1. The standard InChI is InChI=1S/C20H23ClN4O2/c1-4-11-25-18(23-16-7-6-10-22-19(16)25)13-24(5-2)20(26)15-12-14(21)8-9-17(15)27-3/h6-10,12H,4-5,11,13H2,1-3H3. The normalized spacial score (nSPS) is 11.0. The molecular weight excluding hydrogens is 364 g/mol. The number of imidazole rings is 1. The van der Waals surface area contributed by atoms with E-state index in [0.29, 0.717) is 29.4 Å². The van der Waals surface area contributed by atoms with Crippen LogP contribution in [0.5, 0.6) is 5.75 Å². The number of nitrogens with zero attached hydrogens (tertiary/aromatic N) is 4. The van der Waals surface area contributed by atoms with Gasteiger partial charge in [0.15, 0.2) is 5.65 Å². The Kier molecular flexibility index (Phi) is 5.96. The quantitative estimate of drug-likeness (QED) is 0.611. The number of methoxy groups -OCH3 is 1. The van der Waals surface area contributed by atoms with Gasteiger partial charge in [0, 0.05) is 24.3 Å². The van der Waals surface area contributed by atoms with E-state index in [4.69, 9.17) is 21.3 Å². The summed E-state index contributed by atoms with van der Waals surface area (Å²) in [6, 6.07) is 8.87. The molecule has 0 aliphatic carbocycles. The second kappa shape index (κ2) is 8.39. The Hall–Kier alpha value is -2.60. The maximum Gasteiger partial charge on any atom is 0.258 e. The Bertz CT molecular complexity index is 954. The molecule has 0 N–H and O–H groups in total. The summed E-state index contributed by atoms with van der Waals surface area (Å²) in [6.07, 6.45) is 2.72. The topological polar surface area (TPSA) is 60.2 Å². The molecule has 7 heteroatoms. The summed E-state index contributed by atoms with van der Waals surface area (Å²) in [7, 11) is 1.54. The number of aromatic nitrogens is 3. The second-order valence-corrected chi connectivity index (χ2v) is 6.63. The lowest BCUT2D eigenvalue weighted by atomic mass is 10.1. The van der Waals surface area contributed by atoms with Crippen molar-refractivity contribution in [2.45, 2.75) is 33.4 Å². The summed E-state index contributed by atoms with van der Waals surface area (Å²) in [5.74, 6) is 1.19. The number of aryl methyl sites for hydroxylation is 1. The van der Waals surface area contributed by atoms with Crippen LogP contribution < -0.4 is 4.74 Å². The van der Waals surface area contributed by atoms with E-state index in [9.17, 15) is 4.79 Å². The van der Waals surface area contributed by atoms with E-state index in [0.717, 1.165) is 30.0 Å². The molecule has 0 saturated carbocycles. The molecule has 1 amide bonds. The number of fused-ring (bicyclic) bond motifs is 1. The van der Waals surface area contributed by atoms with Crippen LogP contribution in [0.15, 0.2) is 36.5 Å². The van der Waals surface area contributed by atoms with Gasteiger partial charge in [0.1, 0.15) is 17.1 Å². The van der Waals surface area contributed by atoms with Crippen LogP contribution in [0.4, 0.5) is 0 Å². The Balaban J connectivity index is 1.96. The minimum Gasteiger partial charge on any atom is -0.496 e. The van der Waals surface area contributed by atoms with Gasteiger partial charge in [-0.25, -0.2) is 9.97 Å². The van der Waals surface area contributed by atoms with Gasteiger partial charge in [-0.2, -0.15) is 0 Å². The first-order valence-electron chi connectivity index (χ1n) is 9.02. The molecule has 0 fully saturated rings. The first-order chi connectivity index (χ1) is 13.1. The molecule has 2 heterocycles. The summed E-state index contributed by atoms with van der Waals surface area (Å²) < 4.78 is 7.42. The fourth-order valence-corrected chi connectivity index (χ4v) is 3.27. The van der Waals surface area contributed by atoms with Crippen molar-refractivity contribution >= 4 is 28.7 Å². The molecule has 0 atom stereocenters. The van der Waals surface area contributed by atoms with Gasteiger partial charge in [0.25, 0.3) is 5.91 Å². The van der Waals surface area contributed by atoms with Crippen molar-refractivity contribution in [3.63, 3.8) is 0 Å². The number of ether oxygens (including phenoxy) is 1. The summed E-state index contributed by atoms with van der Waals surface area (Å²) in [6.45, 7) is 5.78. The number of carbonyl (C=O) groups excluding carboxylic acids is 1. The Morgan fingerprint density at radius 3 is 2.81 bits per heavy atom. The fraction of sp³-hybridized carbons (Fsp3) is 0.350. The Labute approximate surface area is 163 Å². The highest BCUT2D eigenvalue weighted by Crippen LogP contribution is 2.25. The highest BCUT2D eigenvalue weighted by Gasteiger charge is 2.22. The molecular formula is C20H23ClN4O2. The van der Waals surface area contributed by atoms with Gasteiger partial charge in [0.05, 0.1) is 19.2 Å². The van der Waals surface area contributed by atoms with Crippen molar-refractivity contribution < 1.29 is 9.53 Å². The molecule has 3 rings (SSSR count). The number of hydrogen-bond acceptors (Lipinski definition) is 4. The highest BCUT2D eigenvalue weighted by atomic mass is 35.5. The minimum atomic E-state index is -0.139. The van der Waals surface area contributed by atoms with Gasteiger partial charge in [-0.15, -0.1) is 0 Å². The molecule has 0 saturated heterocycles. The van der Waals surface area contributed by atoms with E-state index in [1.54, 1.807) is 36.4 Å². The molecule has 6 nitrogen and oxygen atoms in total. The number of pyridine rings is 1. The van der Waals surface area contributed by atoms with Gasteiger partial charge in [-0.1, -0.05) is 18.5 Å². The largest absolute Gasteiger partial charge is 0.496 e. The van der Waals surface area contributed by atoms with E-state index in [-0.39, 0.29) is 5.91 Å². The monoisotopic (exact) mass is 386 g/mol. The molecule has 142 valence electrons. The third-order valence-electron chi connectivity index (χ3n) is 4.42. The van der Waals surface area contributed by atoms with Crippen molar-refractivity contribution in [2.75, 3.05) is 13.7 Å². The lowest BCUT2D eigenvalue weighted by Crippen LogP contribution is -2.32. The van der Waals surface area contributed by atoms with Gasteiger partial charge < -0.3 is 14.2 Å². The van der Waals surface area contributed by atoms with Crippen LogP contribution >= 0.6 is 11.6 Å². The molecule has 0 spiro atoms. The predicted octanol–water partition coefficient (Wildman–Crippen LogP) is 4.17. The van der Waals surface area contributed by atoms with Crippen LogP contribution in [0, 0.1) is 0 Å². The maximum atomic E-state index is 13.1. The minimum absolute atomic E-state index is 0.139. The van der Waals surface area contributed by atoms with Gasteiger partial charge in [0.2, 0.25) is 0 Å². The summed E-state index contributed by atoms with van der Waals surface area (Å²) >= 11 is 6.09. The van der Waals surface area contributed by atoms with Crippen LogP contribution in [-0.2, 0) is 13.1 Å². The summed E-state index contributed by atoms with van der Waals surface area (Å²) in [5.41, 5.74) is 2.13. The zero-order valence-corrected chi connectivity index (χ0v) is 16.5. The van der Waals surface area contributed by atoms with Crippen molar-refractivity contribution in [1.29, 1.82) is 0 Å². The van der Waals surface area contributed by atoms with E-state index in [1.807, 2.05) is 19.1 Å². The molecule has 0 radical (unpaired) electrons. The average molecular weight is 387 g/mol. The first kappa shape index (κ1) is 19.2. The van der Waals surface area contributed by atoms with Crippen LogP contribution in [0.3, 0.4) is 0 Å². The van der Waals surface area contributed by atoms with Crippen LogP contribution in [0.2, 0.25) is 5.02 Å². The smallest absolute Gasteiger partial charge is 0.258 e. The number of halogens is 1. The van der Waals surface area contributed by atoms with Gasteiger partial charge in [-0.05, 0) is 43.7 Å². The average Bonchev–Trinajstić information content (AvgIpc) is 3.03. The molecule has 3 aromatic rings. The molecule has 0 bridgehead atoms. The van der Waals surface area contributed by atoms with Crippen molar-refractivity contribution in [3.8, 4) is 5.75 Å². The summed E-state index contributed by atoms with van der Waals surface area (Å²) in [5, 5.41) is 0.498. The predicted molar refractivity (Wildman–Crippen MR) is 106 cm³/mol. The maximum absolute atomic E-state index is 13.1. The lowest BCUT2D eigenvalue weighted by Gasteiger charge is -2.22.